The summed E-state index contributed by atoms with van der Waals surface area (Å²) >= 11 is 8.62. The molecular weight excluding hydrogens is 538 g/mol. The van der Waals surface area contributed by atoms with Crippen LogP contribution < -0.4 is 4.90 Å². The monoisotopic (exact) mass is 583 g/mol. The average Bonchev–Trinajstić information content (AvgIpc) is 3.27. The number of benzene rings is 3. The lowest BCUT2D eigenvalue weighted by atomic mass is 9.63. The molecule has 0 aliphatic heterocycles. The van der Waals surface area contributed by atoms with Gasteiger partial charge in [-0.15, -0.1) is 11.3 Å². The Morgan fingerprint density at radius 3 is 1.68 bits per heavy atom. The van der Waals surface area contributed by atoms with Crippen molar-refractivity contribution in [3.05, 3.63) is 86.9 Å². The molecule has 2 aliphatic rings. The van der Waals surface area contributed by atoms with Crippen LogP contribution in [0.15, 0.2) is 48.5 Å². The molecule has 2 aliphatic carbocycles. The summed E-state index contributed by atoms with van der Waals surface area (Å²) in [6, 6.07) is 18.9. The minimum Gasteiger partial charge on any atom is -0.302 e. The number of thiophene rings is 1. The zero-order valence-electron chi connectivity index (χ0n) is 26.7. The van der Waals surface area contributed by atoms with Crippen LogP contribution in [0.25, 0.3) is 10.1 Å². The number of aryl methyl sites for hydroxylation is 2. The molecule has 0 radical (unpaired) electrons. The Bertz CT molecular complexity index is 1610. The Morgan fingerprint density at radius 2 is 1.12 bits per heavy atom. The Kier molecular flexibility index (Phi) is 6.57. The highest BCUT2D eigenvalue weighted by molar-refractivity contribution is 7.23. The summed E-state index contributed by atoms with van der Waals surface area (Å²) in [6.45, 7) is 23.8. The van der Waals surface area contributed by atoms with Crippen LogP contribution in [-0.4, -0.2) is 0 Å². The molecule has 0 amide bonds. The van der Waals surface area contributed by atoms with Crippen LogP contribution >= 0.6 is 22.9 Å². The van der Waals surface area contributed by atoms with Crippen LogP contribution in [0.2, 0.25) is 5.02 Å². The standard InChI is InChI=1S/C38H46ClNS/c1-23-15-26(39)20-27(16-23)40(32-21-30-28(17-24(32)2)35(3,4)11-13-37(30,7)8)34-19-25-18-29-31(22-33(25)41-34)38(9,10)14-12-36(29,5)6/h15-22H,11-14H2,1-10H3. The maximum Gasteiger partial charge on any atom is 0.101 e. The molecule has 3 aromatic carbocycles. The molecule has 0 spiro atoms. The second-order valence-corrected chi connectivity index (χ2v) is 17.1. The summed E-state index contributed by atoms with van der Waals surface area (Å²) in [4.78, 5) is 2.48. The Labute approximate surface area is 256 Å². The van der Waals surface area contributed by atoms with Crippen molar-refractivity contribution >= 4 is 49.4 Å². The summed E-state index contributed by atoms with van der Waals surface area (Å²) in [7, 11) is 0. The molecule has 6 rings (SSSR count). The van der Waals surface area contributed by atoms with Crippen molar-refractivity contribution in [1.29, 1.82) is 0 Å². The van der Waals surface area contributed by atoms with Crippen molar-refractivity contribution in [2.75, 3.05) is 4.90 Å². The maximum atomic E-state index is 6.71. The summed E-state index contributed by atoms with van der Waals surface area (Å²) in [5.41, 5.74) is 11.6. The number of hydrogen-bond donors (Lipinski definition) is 0. The number of rotatable bonds is 3. The molecule has 0 N–H and O–H groups in total. The topological polar surface area (TPSA) is 3.24 Å². The molecule has 0 saturated carbocycles. The van der Waals surface area contributed by atoms with Crippen LogP contribution in [0.4, 0.5) is 16.4 Å². The van der Waals surface area contributed by atoms with Gasteiger partial charge in [-0.25, -0.2) is 0 Å². The third kappa shape index (κ3) is 4.84. The van der Waals surface area contributed by atoms with Gasteiger partial charge in [0.2, 0.25) is 0 Å². The minimum absolute atomic E-state index is 0.138. The van der Waals surface area contributed by atoms with Crippen molar-refractivity contribution in [3.8, 4) is 0 Å². The first-order valence-electron chi connectivity index (χ1n) is 15.3. The lowest BCUT2D eigenvalue weighted by Gasteiger charge is -2.43. The van der Waals surface area contributed by atoms with Crippen LogP contribution in [0.5, 0.6) is 0 Å². The number of nitrogens with zero attached hydrogens (tertiary/aromatic N) is 1. The largest absolute Gasteiger partial charge is 0.302 e. The fourth-order valence-electron chi connectivity index (χ4n) is 7.38. The first-order valence-corrected chi connectivity index (χ1v) is 16.5. The quantitative estimate of drug-likeness (QED) is 0.232. The molecule has 216 valence electrons. The molecule has 0 fully saturated rings. The molecule has 4 aromatic rings. The van der Waals surface area contributed by atoms with Crippen LogP contribution in [0.3, 0.4) is 0 Å². The molecule has 1 heterocycles. The van der Waals surface area contributed by atoms with Gasteiger partial charge in [0.05, 0.1) is 5.69 Å². The smallest absolute Gasteiger partial charge is 0.101 e. The van der Waals surface area contributed by atoms with E-state index in [4.69, 9.17) is 11.6 Å². The lowest BCUT2D eigenvalue weighted by Crippen LogP contribution is -2.34. The minimum atomic E-state index is 0.138. The first-order chi connectivity index (χ1) is 19.0. The predicted molar refractivity (Wildman–Crippen MR) is 182 cm³/mol. The van der Waals surface area contributed by atoms with Crippen molar-refractivity contribution in [3.63, 3.8) is 0 Å². The highest BCUT2D eigenvalue weighted by Gasteiger charge is 2.39. The predicted octanol–water partition coefficient (Wildman–Crippen LogP) is 12.3. The second kappa shape index (κ2) is 9.35. The van der Waals surface area contributed by atoms with Gasteiger partial charge in [-0.2, -0.15) is 0 Å². The summed E-state index contributed by atoms with van der Waals surface area (Å²) in [5, 5.41) is 3.37. The summed E-state index contributed by atoms with van der Waals surface area (Å²) in [6.07, 6.45) is 4.87. The number of halogens is 1. The van der Waals surface area contributed by atoms with Crippen molar-refractivity contribution in [2.45, 2.75) is 117 Å². The fourth-order valence-corrected chi connectivity index (χ4v) is 8.78. The highest BCUT2D eigenvalue weighted by atomic mass is 35.5. The molecule has 3 heteroatoms. The van der Waals surface area contributed by atoms with Gasteiger partial charge in [0.15, 0.2) is 0 Å². The molecule has 41 heavy (non-hydrogen) atoms. The van der Waals surface area contributed by atoms with Crippen LogP contribution in [-0.2, 0) is 21.7 Å². The Morgan fingerprint density at radius 1 is 0.610 bits per heavy atom. The third-order valence-corrected chi connectivity index (χ3v) is 11.7. The van der Waals surface area contributed by atoms with E-state index in [1.807, 2.05) is 11.3 Å². The van der Waals surface area contributed by atoms with E-state index in [1.165, 1.54) is 79.8 Å². The van der Waals surface area contributed by atoms with Gasteiger partial charge in [0.25, 0.3) is 0 Å². The number of anilines is 3. The van der Waals surface area contributed by atoms with Crippen LogP contribution in [0.1, 0.15) is 114 Å². The number of fused-ring (bicyclic) bond motifs is 3. The van der Waals surface area contributed by atoms with E-state index in [-0.39, 0.29) is 21.7 Å². The fraction of sp³-hybridized carbons (Fsp3) is 0.474. The zero-order chi connectivity index (χ0) is 29.7. The molecule has 1 nitrogen and oxygen atoms in total. The highest BCUT2D eigenvalue weighted by Crippen LogP contribution is 2.52. The molecular formula is C38H46ClNS. The van der Waals surface area contributed by atoms with Gasteiger partial charge < -0.3 is 4.90 Å². The second-order valence-electron chi connectivity index (χ2n) is 15.6. The van der Waals surface area contributed by atoms with Crippen molar-refractivity contribution < 1.29 is 0 Å². The Hall–Kier alpha value is -2.29. The van der Waals surface area contributed by atoms with E-state index in [0.29, 0.717) is 0 Å². The molecule has 0 unspecified atom stereocenters. The summed E-state index contributed by atoms with van der Waals surface area (Å²) in [5.74, 6) is 0. The van der Waals surface area contributed by atoms with E-state index in [9.17, 15) is 0 Å². The molecule has 1 aromatic heterocycles. The molecule has 0 bridgehead atoms. The van der Waals surface area contributed by atoms with E-state index < -0.39 is 0 Å². The van der Waals surface area contributed by atoms with Crippen molar-refractivity contribution in [1.82, 2.24) is 0 Å². The lowest BCUT2D eigenvalue weighted by molar-refractivity contribution is 0.332. The Balaban J connectivity index is 1.61. The van der Waals surface area contributed by atoms with Gasteiger partial charge >= 0.3 is 0 Å². The van der Waals surface area contributed by atoms with Gasteiger partial charge in [-0.1, -0.05) is 73.1 Å². The van der Waals surface area contributed by atoms with Gasteiger partial charge in [0, 0.05) is 15.4 Å². The van der Waals surface area contributed by atoms with Crippen molar-refractivity contribution in [2.24, 2.45) is 0 Å². The van der Waals surface area contributed by atoms with Gasteiger partial charge in [-0.3, -0.25) is 0 Å². The van der Waals surface area contributed by atoms with E-state index in [1.54, 1.807) is 0 Å². The maximum absolute atomic E-state index is 6.71. The molecule has 0 saturated heterocycles. The molecule has 0 atom stereocenters. The third-order valence-electron chi connectivity index (χ3n) is 10.4. The van der Waals surface area contributed by atoms with Gasteiger partial charge in [0.1, 0.15) is 5.00 Å². The van der Waals surface area contributed by atoms with E-state index >= 15 is 0 Å². The normalized spacial score (nSPS) is 20.0. The number of hydrogen-bond acceptors (Lipinski definition) is 2. The van der Waals surface area contributed by atoms with Gasteiger partial charge in [-0.05, 0) is 142 Å². The summed E-state index contributed by atoms with van der Waals surface area (Å²) < 4.78 is 1.37. The first kappa shape index (κ1) is 28.8. The van der Waals surface area contributed by atoms with E-state index in [0.717, 1.165) is 10.7 Å². The van der Waals surface area contributed by atoms with E-state index in [2.05, 4.69) is 123 Å². The average molecular weight is 584 g/mol. The SMILES string of the molecule is Cc1cc(Cl)cc(N(c2cc3cc4c(cc3s2)C(C)(C)CCC4(C)C)c2cc3c(cc2C)C(C)(C)CCC3(C)C)c1. The van der Waals surface area contributed by atoms with Crippen LogP contribution in [0, 0.1) is 13.8 Å². The zero-order valence-corrected chi connectivity index (χ0v) is 28.3.